The van der Waals surface area contributed by atoms with E-state index in [0.29, 0.717) is 5.56 Å². The SMILES string of the molecule is CC(C)(C)OC(=O)COc1cc(NC(=O)OC(C)(C)C)c(NC(=O)CC(=O)c2cccc(C#N)c2)cc1C#Cc1ccccc1. The molecule has 0 unspecified atom stereocenters. The predicted molar refractivity (Wildman–Crippen MR) is 169 cm³/mol. The van der Waals surface area contributed by atoms with Crippen LogP contribution in [0.5, 0.6) is 5.75 Å². The molecule has 2 N–H and O–H groups in total. The first-order chi connectivity index (χ1) is 21.1. The average Bonchev–Trinajstić information content (AvgIpc) is 2.94. The minimum absolute atomic E-state index is 0.0703. The highest BCUT2D eigenvalue weighted by molar-refractivity contribution is 6.12. The van der Waals surface area contributed by atoms with E-state index in [0.717, 1.165) is 0 Å². The van der Waals surface area contributed by atoms with E-state index in [1.807, 2.05) is 36.4 Å². The van der Waals surface area contributed by atoms with E-state index >= 15 is 0 Å². The van der Waals surface area contributed by atoms with Crippen molar-refractivity contribution in [3.8, 4) is 23.7 Å². The zero-order chi connectivity index (χ0) is 33.2. The first kappa shape index (κ1) is 33.9. The minimum Gasteiger partial charge on any atom is -0.481 e. The van der Waals surface area contributed by atoms with Gasteiger partial charge in [-0.3, -0.25) is 14.9 Å². The molecule has 2 amide bonds. The summed E-state index contributed by atoms with van der Waals surface area (Å²) >= 11 is 0. The van der Waals surface area contributed by atoms with Crippen molar-refractivity contribution in [2.24, 2.45) is 0 Å². The van der Waals surface area contributed by atoms with Gasteiger partial charge in [-0.05, 0) is 71.9 Å². The van der Waals surface area contributed by atoms with E-state index in [1.165, 1.54) is 24.3 Å². The Hall–Kier alpha value is -5.61. The largest absolute Gasteiger partial charge is 0.481 e. The number of nitrogens with zero attached hydrogens (tertiary/aromatic N) is 1. The molecule has 0 spiro atoms. The van der Waals surface area contributed by atoms with Crippen LogP contribution in [-0.2, 0) is 19.1 Å². The van der Waals surface area contributed by atoms with Crippen molar-refractivity contribution in [1.82, 2.24) is 0 Å². The summed E-state index contributed by atoms with van der Waals surface area (Å²) in [6, 6.07) is 20.0. The molecule has 0 saturated carbocycles. The van der Waals surface area contributed by atoms with Crippen molar-refractivity contribution >= 4 is 35.1 Å². The molecule has 3 rings (SSSR count). The van der Waals surface area contributed by atoms with E-state index in [4.69, 9.17) is 19.5 Å². The van der Waals surface area contributed by atoms with Gasteiger partial charge in [0.15, 0.2) is 12.4 Å². The van der Waals surface area contributed by atoms with Crippen LogP contribution in [0, 0.1) is 23.2 Å². The molecule has 232 valence electrons. The Bertz CT molecular complexity index is 1680. The summed E-state index contributed by atoms with van der Waals surface area (Å²) in [7, 11) is 0. The van der Waals surface area contributed by atoms with Gasteiger partial charge in [0.25, 0.3) is 0 Å². The van der Waals surface area contributed by atoms with Gasteiger partial charge in [-0.2, -0.15) is 5.26 Å². The third-order valence-electron chi connectivity index (χ3n) is 5.55. The van der Waals surface area contributed by atoms with Crippen LogP contribution in [0.3, 0.4) is 0 Å². The van der Waals surface area contributed by atoms with Crippen LogP contribution in [0.2, 0.25) is 0 Å². The van der Waals surface area contributed by atoms with E-state index in [9.17, 15) is 19.2 Å². The number of Topliss-reactive ketones (excluding diaryl/α,β-unsaturated/α-hetero) is 1. The number of rotatable bonds is 8. The summed E-state index contributed by atoms with van der Waals surface area (Å²) in [5.41, 5.74) is 0.0802. The normalized spacial score (nSPS) is 10.8. The number of ketones is 1. The molecule has 0 atom stereocenters. The molecule has 0 heterocycles. The summed E-state index contributed by atoms with van der Waals surface area (Å²) < 4.78 is 16.5. The van der Waals surface area contributed by atoms with E-state index < -0.39 is 48.0 Å². The molecule has 10 heteroatoms. The van der Waals surface area contributed by atoms with Crippen LogP contribution < -0.4 is 15.4 Å². The van der Waals surface area contributed by atoms with E-state index in [1.54, 1.807) is 53.7 Å². The van der Waals surface area contributed by atoms with Crippen molar-refractivity contribution < 1.29 is 33.4 Å². The highest BCUT2D eigenvalue weighted by atomic mass is 16.6. The van der Waals surface area contributed by atoms with Crippen LogP contribution in [0.4, 0.5) is 16.2 Å². The van der Waals surface area contributed by atoms with Gasteiger partial charge < -0.3 is 19.5 Å². The van der Waals surface area contributed by atoms with Gasteiger partial charge in [0.1, 0.15) is 17.0 Å². The lowest BCUT2D eigenvalue weighted by Gasteiger charge is -2.22. The summed E-state index contributed by atoms with van der Waals surface area (Å²) in [4.78, 5) is 51.1. The van der Waals surface area contributed by atoms with E-state index in [-0.39, 0.29) is 33.8 Å². The second-order valence-electron chi connectivity index (χ2n) is 11.9. The molecule has 0 radical (unpaired) electrons. The number of nitriles is 1. The number of carbonyl (C=O) groups is 4. The Morgan fingerprint density at radius 2 is 1.40 bits per heavy atom. The zero-order valence-electron chi connectivity index (χ0n) is 26.1. The summed E-state index contributed by atoms with van der Waals surface area (Å²) in [6.07, 6.45) is -1.36. The molecule has 3 aromatic carbocycles. The molecule has 0 aromatic heterocycles. The van der Waals surface area contributed by atoms with E-state index in [2.05, 4.69) is 22.5 Å². The Labute approximate surface area is 262 Å². The fraction of sp³-hybridized carbons (Fsp3) is 0.286. The average molecular weight is 610 g/mol. The quantitative estimate of drug-likeness (QED) is 0.132. The lowest BCUT2D eigenvalue weighted by atomic mass is 10.1. The third kappa shape index (κ3) is 11.5. The highest BCUT2D eigenvalue weighted by Gasteiger charge is 2.22. The Morgan fingerprint density at radius 1 is 0.756 bits per heavy atom. The monoisotopic (exact) mass is 609 g/mol. The number of anilines is 2. The van der Waals surface area contributed by atoms with Crippen molar-refractivity contribution in [2.45, 2.75) is 59.2 Å². The second kappa shape index (κ2) is 14.7. The van der Waals surface area contributed by atoms with Crippen LogP contribution in [0.25, 0.3) is 0 Å². The molecule has 0 aliphatic carbocycles. The van der Waals surface area contributed by atoms with Gasteiger partial charge in [0, 0.05) is 17.2 Å². The van der Waals surface area contributed by atoms with Gasteiger partial charge in [0.2, 0.25) is 5.91 Å². The van der Waals surface area contributed by atoms with Gasteiger partial charge >= 0.3 is 12.1 Å². The fourth-order valence-electron chi connectivity index (χ4n) is 3.79. The first-order valence-corrected chi connectivity index (χ1v) is 14.0. The number of hydrogen-bond acceptors (Lipinski definition) is 8. The molecule has 45 heavy (non-hydrogen) atoms. The summed E-state index contributed by atoms with van der Waals surface area (Å²) in [5.74, 6) is 4.32. The summed E-state index contributed by atoms with van der Waals surface area (Å²) in [6.45, 7) is 9.82. The number of nitrogens with one attached hydrogen (secondary N) is 2. The minimum atomic E-state index is -0.824. The molecule has 0 fully saturated rings. The molecular weight excluding hydrogens is 574 g/mol. The van der Waals surface area contributed by atoms with Gasteiger partial charge in [0.05, 0.1) is 35.0 Å². The molecule has 3 aromatic rings. The van der Waals surface area contributed by atoms with Gasteiger partial charge in [-0.25, -0.2) is 9.59 Å². The molecular formula is C35H35N3O7. The topological polar surface area (TPSA) is 144 Å². The molecule has 0 aliphatic rings. The standard InChI is InChI=1S/C35H35N3O7/c1-34(2,3)44-32(41)22-43-30-19-28(38-33(42)45-35(4,5)6)27(18-26(30)16-15-23-11-8-7-9-12-23)37-31(40)20-29(39)25-14-10-13-24(17-25)21-36/h7-14,17-19H,20,22H2,1-6H3,(H,37,40)(H,38,42). The Balaban J connectivity index is 2.01. The van der Waals surface area contributed by atoms with Crippen LogP contribution in [0.1, 0.15) is 75.0 Å². The number of amides is 2. The Kier molecular flexibility index (Phi) is 11.1. The first-order valence-electron chi connectivity index (χ1n) is 14.0. The zero-order valence-corrected chi connectivity index (χ0v) is 26.1. The fourth-order valence-corrected chi connectivity index (χ4v) is 3.79. The molecule has 10 nitrogen and oxygen atoms in total. The molecule has 0 aliphatic heterocycles. The molecule has 0 saturated heterocycles. The molecule has 0 bridgehead atoms. The number of ether oxygens (including phenoxy) is 3. The maximum atomic E-state index is 13.1. The van der Waals surface area contributed by atoms with Crippen molar-refractivity contribution in [3.05, 3.63) is 89.0 Å². The predicted octanol–water partition coefficient (Wildman–Crippen LogP) is 6.24. The summed E-state index contributed by atoms with van der Waals surface area (Å²) in [5, 5.41) is 14.4. The lowest BCUT2D eigenvalue weighted by molar-refractivity contribution is -0.157. The van der Waals surface area contributed by atoms with Gasteiger partial charge in [-0.1, -0.05) is 42.2 Å². The van der Waals surface area contributed by atoms with Crippen molar-refractivity contribution in [1.29, 1.82) is 5.26 Å². The smallest absolute Gasteiger partial charge is 0.412 e. The number of esters is 1. The number of hydrogen-bond donors (Lipinski definition) is 2. The van der Waals surface area contributed by atoms with Gasteiger partial charge in [-0.15, -0.1) is 0 Å². The number of carbonyl (C=O) groups excluding carboxylic acids is 4. The highest BCUT2D eigenvalue weighted by Crippen LogP contribution is 2.32. The number of benzene rings is 3. The second-order valence-corrected chi connectivity index (χ2v) is 11.9. The maximum Gasteiger partial charge on any atom is 0.412 e. The Morgan fingerprint density at radius 3 is 2.04 bits per heavy atom. The van der Waals surface area contributed by atoms with Crippen LogP contribution in [0.15, 0.2) is 66.7 Å². The van der Waals surface area contributed by atoms with Crippen LogP contribution >= 0.6 is 0 Å². The maximum absolute atomic E-state index is 13.1. The third-order valence-corrected chi connectivity index (χ3v) is 5.55. The van der Waals surface area contributed by atoms with Crippen molar-refractivity contribution in [3.63, 3.8) is 0 Å². The van der Waals surface area contributed by atoms with Crippen molar-refractivity contribution in [2.75, 3.05) is 17.2 Å². The van der Waals surface area contributed by atoms with Crippen LogP contribution in [-0.4, -0.2) is 41.6 Å². The lowest BCUT2D eigenvalue weighted by Crippen LogP contribution is -2.28.